The second kappa shape index (κ2) is 6.53. The van der Waals surface area contributed by atoms with Gasteiger partial charge in [-0.25, -0.2) is 3.74 Å². The highest BCUT2D eigenvalue weighted by Gasteiger charge is 1.89. The normalized spacial score (nSPS) is 11.0. The molecule has 0 aliphatic heterocycles. The predicted octanol–water partition coefficient (Wildman–Crippen LogP) is 3.84. The standard InChI is InChI=1S/C8H11ClOS/c1-4-8(11-10-9)6-5-7(2)3/h4-6H,1H2,2-3H3/b8-6+. The molecule has 1 nitrogen and oxygen atoms in total. The van der Waals surface area contributed by atoms with Crippen molar-refractivity contribution in [2.24, 2.45) is 0 Å². The molecule has 0 unspecified atom stereocenters. The summed E-state index contributed by atoms with van der Waals surface area (Å²) in [4.78, 5) is 0.890. The van der Waals surface area contributed by atoms with Crippen LogP contribution in [0.4, 0.5) is 0 Å². The van der Waals surface area contributed by atoms with E-state index in [2.05, 4.69) is 10.3 Å². The highest BCUT2D eigenvalue weighted by molar-refractivity contribution is 7.99. The second-order valence-corrected chi connectivity index (χ2v) is 3.31. The lowest BCUT2D eigenvalue weighted by Gasteiger charge is -1.92. The van der Waals surface area contributed by atoms with E-state index in [-0.39, 0.29) is 0 Å². The average Bonchev–Trinajstić information content (AvgIpc) is 1.97. The fraction of sp³-hybridized carbons (Fsp3) is 0.250. The van der Waals surface area contributed by atoms with Crippen LogP contribution in [0.15, 0.2) is 35.3 Å². The van der Waals surface area contributed by atoms with Gasteiger partial charge in [0.1, 0.15) is 0 Å². The maximum absolute atomic E-state index is 5.04. The van der Waals surface area contributed by atoms with Crippen molar-refractivity contribution in [1.82, 2.24) is 0 Å². The van der Waals surface area contributed by atoms with Gasteiger partial charge in [0.05, 0.1) is 23.9 Å². The molecule has 0 N–H and O–H groups in total. The van der Waals surface area contributed by atoms with E-state index in [9.17, 15) is 0 Å². The number of hydrogen-bond donors (Lipinski definition) is 0. The van der Waals surface area contributed by atoms with Crippen LogP contribution < -0.4 is 0 Å². The molecule has 0 aromatic rings. The van der Waals surface area contributed by atoms with Crippen molar-refractivity contribution < 1.29 is 3.74 Å². The average molecular weight is 191 g/mol. The van der Waals surface area contributed by atoms with Crippen molar-refractivity contribution in [1.29, 1.82) is 0 Å². The van der Waals surface area contributed by atoms with Crippen LogP contribution in [0.1, 0.15) is 13.8 Å². The Morgan fingerprint density at radius 2 is 2.09 bits per heavy atom. The summed E-state index contributed by atoms with van der Waals surface area (Å²) in [6.07, 6.45) is 5.56. The summed E-state index contributed by atoms with van der Waals surface area (Å²) in [5, 5.41) is 0. The Kier molecular flexibility index (Phi) is 6.42. The molecule has 0 aliphatic rings. The van der Waals surface area contributed by atoms with Crippen molar-refractivity contribution in [2.45, 2.75) is 13.8 Å². The molecule has 0 amide bonds. The monoisotopic (exact) mass is 190 g/mol. The lowest BCUT2D eigenvalue weighted by Crippen LogP contribution is -1.68. The van der Waals surface area contributed by atoms with Crippen molar-refractivity contribution >= 4 is 23.9 Å². The highest BCUT2D eigenvalue weighted by Crippen LogP contribution is 2.19. The zero-order valence-electron chi connectivity index (χ0n) is 6.63. The SMILES string of the molecule is C=C/C(=C\C=C(C)C)SOCl. The van der Waals surface area contributed by atoms with Crippen LogP contribution in [0.3, 0.4) is 0 Å². The highest BCUT2D eigenvalue weighted by atomic mass is 35.5. The Morgan fingerprint density at radius 1 is 1.45 bits per heavy atom. The summed E-state index contributed by atoms with van der Waals surface area (Å²) >= 11 is 6.13. The van der Waals surface area contributed by atoms with E-state index >= 15 is 0 Å². The Bertz CT molecular complexity index is 181. The van der Waals surface area contributed by atoms with Gasteiger partial charge in [0.2, 0.25) is 0 Å². The van der Waals surface area contributed by atoms with E-state index in [0.29, 0.717) is 0 Å². The van der Waals surface area contributed by atoms with Gasteiger partial charge in [0, 0.05) is 4.91 Å². The summed E-state index contributed by atoms with van der Waals surface area (Å²) in [6, 6.07) is 0. The minimum Gasteiger partial charge on any atom is -0.202 e. The molecule has 0 bridgehead atoms. The summed E-state index contributed by atoms with van der Waals surface area (Å²) in [7, 11) is 0. The Morgan fingerprint density at radius 3 is 2.45 bits per heavy atom. The van der Waals surface area contributed by atoms with Crippen LogP contribution in [0.2, 0.25) is 0 Å². The zero-order chi connectivity index (χ0) is 8.69. The van der Waals surface area contributed by atoms with Crippen molar-refractivity contribution in [3.05, 3.63) is 35.3 Å². The smallest absolute Gasteiger partial charge is 0.0757 e. The fourth-order valence-electron chi connectivity index (χ4n) is 0.415. The van der Waals surface area contributed by atoms with Crippen LogP contribution >= 0.6 is 23.9 Å². The Balaban J connectivity index is 4.11. The van der Waals surface area contributed by atoms with E-state index in [4.69, 9.17) is 11.9 Å². The fourth-order valence-corrected chi connectivity index (χ4v) is 0.898. The molecule has 0 spiro atoms. The molecule has 3 heteroatoms. The molecule has 0 fully saturated rings. The van der Waals surface area contributed by atoms with Crippen LogP contribution in [0.25, 0.3) is 0 Å². The molecule has 0 rings (SSSR count). The van der Waals surface area contributed by atoms with Gasteiger partial charge in [-0.05, 0) is 19.9 Å². The lowest BCUT2D eigenvalue weighted by molar-refractivity contribution is 0.734. The van der Waals surface area contributed by atoms with Gasteiger partial charge in [-0.1, -0.05) is 24.3 Å². The van der Waals surface area contributed by atoms with E-state index in [1.807, 2.05) is 26.0 Å². The van der Waals surface area contributed by atoms with Gasteiger partial charge in [-0.2, -0.15) is 0 Å². The summed E-state index contributed by atoms with van der Waals surface area (Å²) in [5.74, 6) is 0. The first-order valence-corrected chi connectivity index (χ1v) is 4.18. The van der Waals surface area contributed by atoms with E-state index in [1.54, 1.807) is 6.08 Å². The Hall–Kier alpha value is -0.180. The first-order chi connectivity index (χ1) is 5.20. The molecule has 0 atom stereocenters. The third kappa shape index (κ3) is 6.23. The first kappa shape index (κ1) is 10.8. The van der Waals surface area contributed by atoms with Gasteiger partial charge in [0.25, 0.3) is 0 Å². The van der Waals surface area contributed by atoms with Gasteiger partial charge in [-0.15, -0.1) is 0 Å². The zero-order valence-corrected chi connectivity index (χ0v) is 8.21. The minimum absolute atomic E-state index is 0.890. The van der Waals surface area contributed by atoms with Crippen molar-refractivity contribution in [3.8, 4) is 0 Å². The largest absolute Gasteiger partial charge is 0.202 e. The van der Waals surface area contributed by atoms with Gasteiger partial charge >= 0.3 is 0 Å². The number of rotatable bonds is 4. The van der Waals surface area contributed by atoms with Crippen molar-refractivity contribution in [2.75, 3.05) is 0 Å². The summed E-state index contributed by atoms with van der Waals surface area (Å²) in [6.45, 7) is 7.64. The number of halogens is 1. The van der Waals surface area contributed by atoms with Crippen LogP contribution in [0, 0.1) is 0 Å². The van der Waals surface area contributed by atoms with E-state index in [1.165, 1.54) is 5.57 Å². The molecule has 0 saturated carbocycles. The van der Waals surface area contributed by atoms with Gasteiger partial charge < -0.3 is 0 Å². The number of hydrogen-bond acceptors (Lipinski definition) is 2. The summed E-state index contributed by atoms with van der Waals surface area (Å²) < 4.78 is 4.35. The van der Waals surface area contributed by atoms with Crippen LogP contribution in [-0.2, 0) is 3.74 Å². The number of allylic oxidation sites excluding steroid dienone is 4. The molecule has 0 aromatic carbocycles. The minimum atomic E-state index is 0.890. The molecule has 0 heterocycles. The van der Waals surface area contributed by atoms with E-state index < -0.39 is 0 Å². The molecule has 0 aliphatic carbocycles. The molecular formula is C8H11ClOS. The lowest BCUT2D eigenvalue weighted by atomic mass is 10.3. The topological polar surface area (TPSA) is 9.23 Å². The van der Waals surface area contributed by atoms with Crippen LogP contribution in [0.5, 0.6) is 0 Å². The first-order valence-electron chi connectivity index (χ1n) is 3.13. The molecule has 62 valence electrons. The molecule has 0 aromatic heterocycles. The van der Waals surface area contributed by atoms with Crippen LogP contribution in [-0.4, -0.2) is 0 Å². The third-order valence-electron chi connectivity index (χ3n) is 0.910. The maximum Gasteiger partial charge on any atom is 0.0757 e. The van der Waals surface area contributed by atoms with Crippen molar-refractivity contribution in [3.63, 3.8) is 0 Å². The van der Waals surface area contributed by atoms with Gasteiger partial charge in [-0.3, -0.25) is 0 Å². The molecule has 11 heavy (non-hydrogen) atoms. The molecule has 0 saturated heterocycles. The molecular weight excluding hydrogens is 180 g/mol. The second-order valence-electron chi connectivity index (χ2n) is 2.16. The Labute approximate surface area is 77.1 Å². The molecule has 0 radical (unpaired) electrons. The van der Waals surface area contributed by atoms with Gasteiger partial charge in [0.15, 0.2) is 0 Å². The maximum atomic E-state index is 5.04. The third-order valence-corrected chi connectivity index (χ3v) is 1.66. The quantitative estimate of drug-likeness (QED) is 0.492. The summed E-state index contributed by atoms with van der Waals surface area (Å²) in [5.41, 5.74) is 1.22. The van der Waals surface area contributed by atoms with E-state index in [0.717, 1.165) is 16.9 Å². The predicted molar refractivity (Wildman–Crippen MR) is 52.2 cm³/mol.